The molecule has 0 saturated carbocycles. The topological polar surface area (TPSA) is 15.7 Å². The molecule has 0 aromatic heterocycles. The lowest BCUT2D eigenvalue weighted by atomic mass is 10.4. The van der Waals surface area contributed by atoms with Gasteiger partial charge in [-0.05, 0) is 20.8 Å². The Morgan fingerprint density at radius 2 is 2.38 bits per heavy atom. The fourth-order valence-electron chi connectivity index (χ4n) is 1.53. The number of nitrogens with zero attached hydrogens (tertiary/aromatic N) is 2. The first-order chi connectivity index (χ1) is 6.20. The molecule has 0 amide bonds. The van der Waals surface area contributed by atoms with Crippen molar-refractivity contribution in [1.82, 2.24) is 9.96 Å². The quantitative estimate of drug-likeness (QED) is 0.618. The van der Waals surface area contributed by atoms with E-state index in [0.29, 0.717) is 6.61 Å². The van der Waals surface area contributed by atoms with E-state index in [9.17, 15) is 0 Å². The molecular formula is C10H18N2O. The van der Waals surface area contributed by atoms with Crippen LogP contribution in [0.4, 0.5) is 0 Å². The zero-order valence-electron chi connectivity index (χ0n) is 8.66. The lowest BCUT2D eigenvalue weighted by Crippen LogP contribution is -2.36. The van der Waals surface area contributed by atoms with Crippen LogP contribution in [0.3, 0.4) is 0 Å². The van der Waals surface area contributed by atoms with Gasteiger partial charge in [0.25, 0.3) is 0 Å². The van der Waals surface area contributed by atoms with Crippen molar-refractivity contribution < 1.29 is 4.84 Å². The predicted molar refractivity (Wildman–Crippen MR) is 53.6 cm³/mol. The first-order valence-corrected chi connectivity index (χ1v) is 4.68. The molecule has 1 rings (SSSR count). The first-order valence-electron chi connectivity index (χ1n) is 4.68. The van der Waals surface area contributed by atoms with E-state index in [1.54, 1.807) is 0 Å². The molecule has 0 aromatic rings. The van der Waals surface area contributed by atoms with E-state index >= 15 is 0 Å². The van der Waals surface area contributed by atoms with E-state index in [4.69, 9.17) is 4.84 Å². The van der Waals surface area contributed by atoms with Crippen molar-refractivity contribution in [3.63, 3.8) is 0 Å². The van der Waals surface area contributed by atoms with E-state index in [1.165, 1.54) is 5.70 Å². The van der Waals surface area contributed by atoms with Gasteiger partial charge in [-0.1, -0.05) is 6.08 Å². The molecule has 1 unspecified atom stereocenters. The molecule has 3 nitrogen and oxygen atoms in total. The molecule has 1 heterocycles. The molecule has 0 aliphatic carbocycles. The molecule has 0 aromatic carbocycles. The lowest BCUT2D eigenvalue weighted by molar-refractivity contribution is -0.154. The normalized spacial score (nSPS) is 22.1. The molecule has 13 heavy (non-hydrogen) atoms. The molecule has 0 radical (unpaired) electrons. The summed E-state index contributed by atoms with van der Waals surface area (Å²) in [5, 5.41) is 1.89. The van der Waals surface area contributed by atoms with E-state index in [-0.39, 0.29) is 6.17 Å². The summed E-state index contributed by atoms with van der Waals surface area (Å²) in [6.45, 7) is 11.5. The summed E-state index contributed by atoms with van der Waals surface area (Å²) in [5.41, 5.74) is 1.22. The van der Waals surface area contributed by atoms with Gasteiger partial charge in [-0.15, -0.1) is 6.58 Å². The highest BCUT2D eigenvalue weighted by atomic mass is 16.7. The average Bonchev–Trinajstić information content (AvgIpc) is 2.34. The third kappa shape index (κ3) is 2.04. The van der Waals surface area contributed by atoms with Gasteiger partial charge >= 0.3 is 0 Å². The van der Waals surface area contributed by atoms with Crippen LogP contribution in [0.1, 0.15) is 20.8 Å². The van der Waals surface area contributed by atoms with Crippen LogP contribution in [0.15, 0.2) is 24.6 Å². The molecule has 0 fully saturated rings. The van der Waals surface area contributed by atoms with E-state index < -0.39 is 0 Å². The molecule has 0 bridgehead atoms. The second-order valence-electron chi connectivity index (χ2n) is 3.12. The number of hydroxylamine groups is 2. The molecule has 3 heteroatoms. The van der Waals surface area contributed by atoms with Crippen molar-refractivity contribution >= 4 is 0 Å². The predicted octanol–water partition coefficient (Wildman–Crippen LogP) is 1.95. The summed E-state index contributed by atoms with van der Waals surface area (Å²) in [6.07, 6.45) is 4.21. The van der Waals surface area contributed by atoms with Gasteiger partial charge in [0.1, 0.15) is 6.17 Å². The minimum Gasteiger partial charge on any atom is -0.348 e. The van der Waals surface area contributed by atoms with Crippen LogP contribution in [0.2, 0.25) is 0 Å². The number of allylic oxidation sites excluding steroid dienone is 1. The van der Waals surface area contributed by atoms with Gasteiger partial charge in [-0.25, -0.2) is 5.06 Å². The molecule has 0 saturated heterocycles. The van der Waals surface area contributed by atoms with E-state index in [1.807, 2.05) is 24.3 Å². The largest absolute Gasteiger partial charge is 0.348 e. The van der Waals surface area contributed by atoms with Gasteiger partial charge in [-0.3, -0.25) is 4.84 Å². The third-order valence-corrected chi connectivity index (χ3v) is 2.19. The van der Waals surface area contributed by atoms with Gasteiger partial charge < -0.3 is 4.90 Å². The Morgan fingerprint density at radius 3 is 2.92 bits per heavy atom. The number of rotatable bonds is 4. The van der Waals surface area contributed by atoms with Crippen molar-refractivity contribution in [1.29, 1.82) is 0 Å². The lowest BCUT2D eigenvalue weighted by Gasteiger charge is -2.28. The standard InChI is InChI=1S/C10H18N2O/c1-5-7-11-9(3)8-12(10(11)4)13-6-2/h5,8,10H,1,6-7H2,2-4H3. The highest BCUT2D eigenvalue weighted by Gasteiger charge is 2.25. The Morgan fingerprint density at radius 1 is 1.69 bits per heavy atom. The smallest absolute Gasteiger partial charge is 0.124 e. The molecule has 0 N–H and O–H groups in total. The summed E-state index contributed by atoms with van der Waals surface area (Å²) in [5.74, 6) is 0. The molecule has 1 aliphatic rings. The monoisotopic (exact) mass is 182 g/mol. The minimum absolute atomic E-state index is 0.276. The van der Waals surface area contributed by atoms with Crippen LogP contribution in [0, 0.1) is 0 Å². The summed E-state index contributed by atoms with van der Waals surface area (Å²) in [6, 6.07) is 0. The van der Waals surface area contributed by atoms with Crippen molar-refractivity contribution in [2.24, 2.45) is 0 Å². The fourth-order valence-corrected chi connectivity index (χ4v) is 1.53. The molecular weight excluding hydrogens is 164 g/mol. The van der Waals surface area contributed by atoms with Gasteiger partial charge in [0.05, 0.1) is 6.61 Å². The van der Waals surface area contributed by atoms with Crippen molar-refractivity contribution in [3.05, 3.63) is 24.6 Å². The summed E-state index contributed by atoms with van der Waals surface area (Å²) < 4.78 is 0. The van der Waals surface area contributed by atoms with Gasteiger partial charge in [0, 0.05) is 18.4 Å². The van der Waals surface area contributed by atoms with Crippen LogP contribution in [-0.4, -0.2) is 29.3 Å². The molecule has 0 spiro atoms. The molecule has 1 aliphatic heterocycles. The SMILES string of the molecule is C=CCN1C(C)=CN(OCC)C1C. The highest BCUT2D eigenvalue weighted by molar-refractivity contribution is 5.05. The Bertz CT molecular complexity index is 213. The zero-order chi connectivity index (χ0) is 9.84. The maximum Gasteiger partial charge on any atom is 0.124 e. The van der Waals surface area contributed by atoms with Gasteiger partial charge in [-0.2, -0.15) is 0 Å². The zero-order valence-corrected chi connectivity index (χ0v) is 8.66. The molecule has 1 atom stereocenters. The Labute approximate surface area is 80.2 Å². The van der Waals surface area contributed by atoms with Crippen molar-refractivity contribution in [2.75, 3.05) is 13.2 Å². The number of hydrogen-bond donors (Lipinski definition) is 0. The van der Waals surface area contributed by atoms with Crippen LogP contribution in [0.5, 0.6) is 0 Å². The van der Waals surface area contributed by atoms with Crippen LogP contribution >= 0.6 is 0 Å². The summed E-state index contributed by atoms with van der Waals surface area (Å²) in [7, 11) is 0. The molecule has 74 valence electrons. The fraction of sp³-hybridized carbons (Fsp3) is 0.600. The van der Waals surface area contributed by atoms with E-state index in [2.05, 4.69) is 25.3 Å². The van der Waals surface area contributed by atoms with Crippen molar-refractivity contribution in [3.8, 4) is 0 Å². The van der Waals surface area contributed by atoms with Gasteiger partial charge in [0.15, 0.2) is 0 Å². The third-order valence-electron chi connectivity index (χ3n) is 2.19. The van der Waals surface area contributed by atoms with Gasteiger partial charge in [0.2, 0.25) is 0 Å². The number of hydrogen-bond acceptors (Lipinski definition) is 3. The minimum atomic E-state index is 0.276. The maximum atomic E-state index is 5.44. The van der Waals surface area contributed by atoms with Crippen LogP contribution < -0.4 is 0 Å². The second kappa shape index (κ2) is 4.33. The Balaban J connectivity index is 2.61. The Hall–Kier alpha value is -0.960. The van der Waals surface area contributed by atoms with Crippen LogP contribution in [0.25, 0.3) is 0 Å². The summed E-state index contributed by atoms with van der Waals surface area (Å²) >= 11 is 0. The average molecular weight is 182 g/mol. The highest BCUT2D eigenvalue weighted by Crippen LogP contribution is 2.21. The summed E-state index contributed by atoms with van der Waals surface area (Å²) in [4.78, 5) is 7.68. The van der Waals surface area contributed by atoms with Crippen LogP contribution in [-0.2, 0) is 4.84 Å². The van der Waals surface area contributed by atoms with Crippen molar-refractivity contribution in [2.45, 2.75) is 26.9 Å². The maximum absolute atomic E-state index is 5.44. The second-order valence-corrected chi connectivity index (χ2v) is 3.12. The Kier molecular flexibility index (Phi) is 3.37. The first kappa shape index (κ1) is 10.1. The van der Waals surface area contributed by atoms with E-state index in [0.717, 1.165) is 6.54 Å².